The molecule has 0 fully saturated rings. The lowest BCUT2D eigenvalue weighted by molar-refractivity contribution is -0.398. The first-order valence-corrected chi connectivity index (χ1v) is 4.20. The molecule has 0 heterocycles. The second-order valence-corrected chi connectivity index (χ2v) is 3.39. The molecule has 0 saturated carbocycles. The van der Waals surface area contributed by atoms with Gasteiger partial charge in [0, 0.05) is 6.42 Å². The number of aliphatic hydroxyl groups is 2. The lowest BCUT2D eigenvalue weighted by Gasteiger charge is -2.34. The summed E-state index contributed by atoms with van der Waals surface area (Å²) in [6.07, 6.45) is -11.9. The van der Waals surface area contributed by atoms with Crippen molar-refractivity contribution in [2.24, 2.45) is 0 Å². The topological polar surface area (TPSA) is 40.5 Å². The second kappa shape index (κ2) is 4.76. The Morgan fingerprint density at radius 2 is 1.17 bits per heavy atom. The number of halogens is 9. The first-order valence-electron chi connectivity index (χ1n) is 4.20. The molecule has 110 valence electrons. The van der Waals surface area contributed by atoms with Gasteiger partial charge in [-0.3, -0.25) is 0 Å². The number of rotatable bonds is 5. The van der Waals surface area contributed by atoms with Crippen LogP contribution < -0.4 is 0 Å². The molecule has 0 radical (unpaired) electrons. The minimum atomic E-state index is -6.97. The van der Waals surface area contributed by atoms with Crippen LogP contribution in [0.4, 0.5) is 39.5 Å². The maximum atomic E-state index is 12.7. The van der Waals surface area contributed by atoms with Crippen molar-refractivity contribution < 1.29 is 49.7 Å². The van der Waals surface area contributed by atoms with Crippen LogP contribution >= 0.6 is 0 Å². The molecule has 18 heavy (non-hydrogen) atoms. The number of hydrogen-bond donors (Lipinski definition) is 2. The highest BCUT2D eigenvalue weighted by Crippen LogP contribution is 2.54. The fourth-order valence-corrected chi connectivity index (χ4v) is 0.896. The van der Waals surface area contributed by atoms with Crippen molar-refractivity contribution in [1.82, 2.24) is 0 Å². The molecule has 0 bridgehead atoms. The van der Waals surface area contributed by atoms with E-state index < -0.39 is 43.1 Å². The molecule has 0 saturated heterocycles. The van der Waals surface area contributed by atoms with Gasteiger partial charge in [-0.25, -0.2) is 0 Å². The zero-order valence-electron chi connectivity index (χ0n) is 8.29. The van der Waals surface area contributed by atoms with E-state index in [1.165, 1.54) is 0 Å². The summed E-state index contributed by atoms with van der Waals surface area (Å²) in [6.45, 7) is -1.50. The Morgan fingerprint density at radius 1 is 0.778 bits per heavy atom. The van der Waals surface area contributed by atoms with Gasteiger partial charge in [0.25, 0.3) is 0 Å². The van der Waals surface area contributed by atoms with Gasteiger partial charge < -0.3 is 10.2 Å². The zero-order valence-corrected chi connectivity index (χ0v) is 8.29. The quantitative estimate of drug-likeness (QED) is 0.763. The Kier molecular flexibility index (Phi) is 4.57. The maximum Gasteiger partial charge on any atom is 0.460 e. The van der Waals surface area contributed by atoms with Crippen LogP contribution in [0.1, 0.15) is 6.42 Å². The predicted molar refractivity (Wildman–Crippen MR) is 38.6 cm³/mol. The van der Waals surface area contributed by atoms with Crippen molar-refractivity contribution in [3.05, 3.63) is 0 Å². The lowest BCUT2D eigenvalue weighted by atomic mass is 9.99. The monoisotopic (exact) mass is 294 g/mol. The molecule has 0 rings (SSSR count). The molecule has 0 aromatic heterocycles. The van der Waals surface area contributed by atoms with Gasteiger partial charge in [0.05, 0.1) is 12.7 Å². The number of alkyl halides is 9. The highest BCUT2D eigenvalue weighted by atomic mass is 19.4. The molecule has 11 heteroatoms. The van der Waals surface area contributed by atoms with Crippen LogP contribution in [0.25, 0.3) is 0 Å². The highest BCUT2D eigenvalue weighted by Gasteiger charge is 2.81. The molecule has 2 N–H and O–H groups in total. The molecule has 2 nitrogen and oxygen atoms in total. The maximum absolute atomic E-state index is 12.7. The molecular weight excluding hydrogens is 287 g/mol. The molecule has 0 aliphatic carbocycles. The summed E-state index contributed by atoms with van der Waals surface area (Å²) < 4.78 is 110. The Bertz CT molecular complexity index is 285. The Labute approximate surface area is 94.0 Å². The fraction of sp³-hybridized carbons (Fsp3) is 1.00. The summed E-state index contributed by atoms with van der Waals surface area (Å²) in [5.41, 5.74) is 0. The van der Waals surface area contributed by atoms with E-state index in [1.54, 1.807) is 0 Å². The average Bonchev–Trinajstić information content (AvgIpc) is 2.14. The van der Waals surface area contributed by atoms with Crippen LogP contribution in [0.3, 0.4) is 0 Å². The summed E-state index contributed by atoms with van der Waals surface area (Å²) >= 11 is 0. The molecule has 0 aromatic rings. The van der Waals surface area contributed by atoms with Crippen molar-refractivity contribution in [2.45, 2.75) is 36.5 Å². The van der Waals surface area contributed by atoms with E-state index in [0.717, 1.165) is 0 Å². The smallest absolute Gasteiger partial charge is 0.394 e. The Morgan fingerprint density at radius 3 is 1.44 bits per heavy atom. The van der Waals surface area contributed by atoms with Crippen LogP contribution in [-0.2, 0) is 0 Å². The molecular formula is C7H7F9O2. The summed E-state index contributed by atoms with van der Waals surface area (Å²) in [6, 6.07) is 0. The minimum absolute atomic E-state index is 1.50. The van der Waals surface area contributed by atoms with Gasteiger partial charge in [-0.15, -0.1) is 0 Å². The van der Waals surface area contributed by atoms with Crippen molar-refractivity contribution in [3.63, 3.8) is 0 Å². The third kappa shape index (κ3) is 2.82. The Hall–Kier alpha value is -0.710. The van der Waals surface area contributed by atoms with E-state index in [2.05, 4.69) is 0 Å². The van der Waals surface area contributed by atoms with E-state index in [9.17, 15) is 39.5 Å². The first kappa shape index (κ1) is 17.3. The normalized spacial score (nSPS) is 16.8. The van der Waals surface area contributed by atoms with Gasteiger partial charge in [0.1, 0.15) is 0 Å². The largest absolute Gasteiger partial charge is 0.460 e. The van der Waals surface area contributed by atoms with Gasteiger partial charge in [0.2, 0.25) is 0 Å². The predicted octanol–water partition coefficient (Wildman–Crippen LogP) is 2.20. The molecule has 0 aliphatic rings. The standard InChI is InChI=1S/C7H7F9O2/c8-4(9,1-3(18)2-17)5(10,11)6(12,13)7(14,15)16/h3,17-18H,1-2H2/t3-/m0/s1. The minimum Gasteiger partial charge on any atom is -0.394 e. The summed E-state index contributed by atoms with van der Waals surface area (Å²) in [7, 11) is 0. The van der Waals surface area contributed by atoms with Gasteiger partial charge in [-0.2, -0.15) is 39.5 Å². The van der Waals surface area contributed by atoms with E-state index in [-0.39, 0.29) is 0 Å². The van der Waals surface area contributed by atoms with E-state index in [0.29, 0.717) is 0 Å². The summed E-state index contributed by atoms with van der Waals surface area (Å²) in [4.78, 5) is 0. The van der Waals surface area contributed by atoms with Crippen molar-refractivity contribution in [1.29, 1.82) is 0 Å². The second-order valence-electron chi connectivity index (χ2n) is 3.39. The van der Waals surface area contributed by atoms with E-state index in [4.69, 9.17) is 10.2 Å². The van der Waals surface area contributed by atoms with Gasteiger partial charge in [-0.1, -0.05) is 0 Å². The van der Waals surface area contributed by atoms with Crippen LogP contribution in [0.5, 0.6) is 0 Å². The van der Waals surface area contributed by atoms with Gasteiger partial charge in [-0.05, 0) is 0 Å². The van der Waals surface area contributed by atoms with Gasteiger partial charge >= 0.3 is 23.9 Å². The number of aliphatic hydroxyl groups excluding tert-OH is 2. The molecule has 0 unspecified atom stereocenters. The molecule has 0 spiro atoms. The fourth-order valence-electron chi connectivity index (χ4n) is 0.896. The average molecular weight is 294 g/mol. The van der Waals surface area contributed by atoms with Crippen LogP contribution in [0, 0.1) is 0 Å². The summed E-state index contributed by atoms with van der Waals surface area (Å²) in [5, 5.41) is 16.5. The SMILES string of the molecule is OC[C@@H](O)CC(F)(F)C(F)(F)C(F)(F)C(F)(F)F. The van der Waals surface area contributed by atoms with E-state index >= 15 is 0 Å². The molecule has 0 aromatic carbocycles. The molecule has 0 aliphatic heterocycles. The van der Waals surface area contributed by atoms with Crippen LogP contribution in [0.2, 0.25) is 0 Å². The first-order chi connectivity index (χ1) is 7.70. The summed E-state index contributed by atoms with van der Waals surface area (Å²) in [5.74, 6) is -19.6. The van der Waals surface area contributed by atoms with E-state index in [1.807, 2.05) is 0 Å². The molecule has 1 atom stereocenters. The Balaban J connectivity index is 5.36. The van der Waals surface area contributed by atoms with Crippen molar-refractivity contribution in [2.75, 3.05) is 6.61 Å². The molecule has 0 amide bonds. The van der Waals surface area contributed by atoms with Crippen LogP contribution in [0.15, 0.2) is 0 Å². The van der Waals surface area contributed by atoms with Crippen LogP contribution in [-0.4, -0.2) is 46.9 Å². The lowest BCUT2D eigenvalue weighted by Crippen LogP contribution is -2.61. The number of hydrogen-bond acceptors (Lipinski definition) is 2. The van der Waals surface area contributed by atoms with Gasteiger partial charge in [0.15, 0.2) is 0 Å². The third-order valence-corrected chi connectivity index (χ3v) is 1.91. The third-order valence-electron chi connectivity index (χ3n) is 1.91. The zero-order chi connectivity index (χ0) is 15.0. The van der Waals surface area contributed by atoms with Crippen molar-refractivity contribution in [3.8, 4) is 0 Å². The van der Waals surface area contributed by atoms with Crippen molar-refractivity contribution >= 4 is 0 Å². The highest BCUT2D eigenvalue weighted by molar-refractivity contribution is 5.00.